The molecular formula is C12H13N2O2+. The van der Waals surface area contributed by atoms with Crippen LogP contribution in [0.1, 0.15) is 11.1 Å². The van der Waals surface area contributed by atoms with Gasteiger partial charge in [-0.3, -0.25) is 0 Å². The number of benzene rings is 1. The fourth-order valence-electron chi connectivity index (χ4n) is 1.73. The van der Waals surface area contributed by atoms with Crippen molar-refractivity contribution in [1.82, 2.24) is 5.10 Å². The van der Waals surface area contributed by atoms with Crippen LogP contribution < -0.4 is 4.68 Å². The first-order chi connectivity index (χ1) is 7.56. The molecule has 0 unspecified atom stereocenters. The Morgan fingerprint density at radius 2 is 2.19 bits per heavy atom. The molecule has 0 fully saturated rings. The van der Waals surface area contributed by atoms with Gasteiger partial charge in [-0.15, -0.1) is 0 Å². The zero-order chi connectivity index (χ0) is 11.7. The number of carboxylic acid groups (broad SMARTS) is 1. The van der Waals surface area contributed by atoms with Crippen LogP contribution in [0.4, 0.5) is 0 Å². The number of hydrogen-bond donors (Lipinski definition) is 1. The fourth-order valence-corrected chi connectivity index (χ4v) is 1.73. The van der Waals surface area contributed by atoms with E-state index in [0.29, 0.717) is 0 Å². The lowest BCUT2D eigenvalue weighted by Gasteiger charge is -2.00. The van der Waals surface area contributed by atoms with E-state index in [9.17, 15) is 4.79 Å². The Labute approximate surface area is 93.1 Å². The molecule has 4 nitrogen and oxygen atoms in total. The molecule has 82 valence electrons. The highest BCUT2D eigenvalue weighted by Crippen LogP contribution is 2.15. The average Bonchev–Trinajstić information content (AvgIpc) is 2.18. The summed E-state index contributed by atoms with van der Waals surface area (Å²) in [5, 5.41) is 14.0. The monoisotopic (exact) mass is 217 g/mol. The van der Waals surface area contributed by atoms with Crippen molar-refractivity contribution in [3.8, 4) is 0 Å². The Bertz CT molecular complexity index is 564. The van der Waals surface area contributed by atoms with E-state index in [2.05, 4.69) is 11.2 Å². The van der Waals surface area contributed by atoms with Crippen molar-refractivity contribution in [3.05, 3.63) is 35.5 Å². The molecule has 1 aromatic carbocycles. The van der Waals surface area contributed by atoms with E-state index in [1.165, 1.54) is 10.2 Å². The van der Waals surface area contributed by atoms with Gasteiger partial charge in [-0.2, -0.15) is 0 Å². The number of carboxylic acids is 1. The van der Waals surface area contributed by atoms with Crippen molar-refractivity contribution in [1.29, 1.82) is 0 Å². The molecule has 0 spiro atoms. The third kappa shape index (κ3) is 2.00. The molecule has 0 atom stereocenters. The molecule has 2 rings (SSSR count). The van der Waals surface area contributed by atoms with Gasteiger partial charge < -0.3 is 5.11 Å². The van der Waals surface area contributed by atoms with Gasteiger partial charge >= 0.3 is 5.97 Å². The SMILES string of the molecule is Cc1ccc2n[n+](CC(=O)O)cc(C)c2c1. The topological polar surface area (TPSA) is 54.1 Å². The third-order valence-corrected chi connectivity index (χ3v) is 2.45. The second kappa shape index (κ2) is 3.89. The summed E-state index contributed by atoms with van der Waals surface area (Å²) in [7, 11) is 0. The maximum absolute atomic E-state index is 10.6. The van der Waals surface area contributed by atoms with E-state index in [0.717, 1.165) is 16.5 Å². The first-order valence-corrected chi connectivity index (χ1v) is 5.06. The number of carbonyl (C=O) groups is 1. The van der Waals surface area contributed by atoms with Crippen LogP contribution >= 0.6 is 0 Å². The number of aliphatic carboxylic acids is 1. The molecule has 0 amide bonds. The van der Waals surface area contributed by atoms with E-state index in [1.54, 1.807) is 6.20 Å². The Morgan fingerprint density at radius 3 is 2.88 bits per heavy atom. The second-order valence-electron chi connectivity index (χ2n) is 3.92. The lowest BCUT2D eigenvalue weighted by molar-refractivity contribution is -0.741. The zero-order valence-corrected chi connectivity index (χ0v) is 9.27. The molecule has 0 aliphatic rings. The van der Waals surface area contributed by atoms with E-state index in [1.807, 2.05) is 26.0 Å². The molecule has 4 heteroatoms. The van der Waals surface area contributed by atoms with Crippen LogP contribution in [-0.4, -0.2) is 16.2 Å². The Balaban J connectivity index is 2.59. The fraction of sp³-hybridized carbons (Fsp3) is 0.250. The Hall–Kier alpha value is -1.97. The molecule has 0 saturated carbocycles. The molecule has 1 N–H and O–H groups in total. The highest BCUT2D eigenvalue weighted by molar-refractivity contribution is 5.81. The van der Waals surface area contributed by atoms with Gasteiger partial charge in [0, 0.05) is 16.0 Å². The second-order valence-corrected chi connectivity index (χ2v) is 3.92. The van der Waals surface area contributed by atoms with Crippen LogP contribution in [0.25, 0.3) is 10.9 Å². The van der Waals surface area contributed by atoms with Crippen molar-refractivity contribution in [2.45, 2.75) is 20.4 Å². The first-order valence-electron chi connectivity index (χ1n) is 5.06. The summed E-state index contributed by atoms with van der Waals surface area (Å²) >= 11 is 0. The van der Waals surface area contributed by atoms with E-state index >= 15 is 0 Å². The average molecular weight is 217 g/mol. The predicted octanol–water partition coefficient (Wildman–Crippen LogP) is 1.22. The minimum absolute atomic E-state index is 0.106. The number of hydrogen-bond acceptors (Lipinski definition) is 2. The normalized spacial score (nSPS) is 10.6. The maximum atomic E-state index is 10.6. The van der Waals surface area contributed by atoms with Crippen molar-refractivity contribution < 1.29 is 14.6 Å². The van der Waals surface area contributed by atoms with Crippen molar-refractivity contribution in [3.63, 3.8) is 0 Å². The quantitative estimate of drug-likeness (QED) is 0.769. The molecule has 0 saturated heterocycles. The molecule has 0 aliphatic heterocycles. The minimum Gasteiger partial charge on any atom is -0.476 e. The van der Waals surface area contributed by atoms with Crippen molar-refractivity contribution in [2.75, 3.05) is 0 Å². The molecule has 2 aromatic rings. The predicted molar refractivity (Wildman–Crippen MR) is 59.0 cm³/mol. The van der Waals surface area contributed by atoms with Gasteiger partial charge in [-0.1, -0.05) is 16.3 Å². The van der Waals surface area contributed by atoms with Crippen LogP contribution in [0.5, 0.6) is 0 Å². The van der Waals surface area contributed by atoms with Crippen molar-refractivity contribution >= 4 is 16.9 Å². The highest BCUT2D eigenvalue weighted by atomic mass is 16.4. The first kappa shape index (κ1) is 10.5. The van der Waals surface area contributed by atoms with Gasteiger partial charge in [0.1, 0.15) is 5.52 Å². The van der Waals surface area contributed by atoms with Crippen LogP contribution in [-0.2, 0) is 11.3 Å². The lowest BCUT2D eigenvalue weighted by atomic mass is 10.1. The zero-order valence-electron chi connectivity index (χ0n) is 9.27. The number of aryl methyl sites for hydroxylation is 2. The Kier molecular flexibility index (Phi) is 2.56. The van der Waals surface area contributed by atoms with Crippen LogP contribution in [0.15, 0.2) is 24.4 Å². The van der Waals surface area contributed by atoms with Crippen LogP contribution in [0.2, 0.25) is 0 Å². The van der Waals surface area contributed by atoms with Gasteiger partial charge in [-0.25, -0.2) is 4.79 Å². The molecule has 0 bridgehead atoms. The van der Waals surface area contributed by atoms with E-state index < -0.39 is 5.97 Å². The summed E-state index contributed by atoms with van der Waals surface area (Å²) in [6.07, 6.45) is 1.76. The molecular weight excluding hydrogens is 204 g/mol. The molecule has 0 aliphatic carbocycles. The number of nitrogens with zero attached hydrogens (tertiary/aromatic N) is 2. The molecule has 0 radical (unpaired) electrons. The van der Waals surface area contributed by atoms with Crippen LogP contribution in [0, 0.1) is 13.8 Å². The van der Waals surface area contributed by atoms with E-state index in [4.69, 9.17) is 5.11 Å². The summed E-state index contributed by atoms with van der Waals surface area (Å²) in [4.78, 5) is 10.6. The highest BCUT2D eigenvalue weighted by Gasteiger charge is 2.12. The van der Waals surface area contributed by atoms with Gasteiger partial charge in [0.05, 0.1) is 0 Å². The minimum atomic E-state index is -0.886. The lowest BCUT2D eigenvalue weighted by Crippen LogP contribution is -2.41. The van der Waals surface area contributed by atoms with Crippen molar-refractivity contribution in [2.24, 2.45) is 0 Å². The molecule has 1 aromatic heterocycles. The van der Waals surface area contributed by atoms with Gasteiger partial charge in [0.2, 0.25) is 6.20 Å². The summed E-state index contributed by atoms with van der Waals surface area (Å²) in [6.45, 7) is 3.88. The maximum Gasteiger partial charge on any atom is 0.372 e. The summed E-state index contributed by atoms with van der Waals surface area (Å²) in [6, 6.07) is 5.94. The summed E-state index contributed by atoms with van der Waals surface area (Å²) < 4.78 is 1.45. The number of fused-ring (bicyclic) bond motifs is 1. The largest absolute Gasteiger partial charge is 0.476 e. The number of rotatable bonds is 2. The molecule has 1 heterocycles. The van der Waals surface area contributed by atoms with Crippen LogP contribution in [0.3, 0.4) is 0 Å². The number of aromatic nitrogens is 2. The van der Waals surface area contributed by atoms with E-state index in [-0.39, 0.29) is 6.54 Å². The summed E-state index contributed by atoms with van der Waals surface area (Å²) in [5.74, 6) is -0.886. The third-order valence-electron chi connectivity index (χ3n) is 2.45. The van der Waals surface area contributed by atoms with Gasteiger partial charge in [-0.05, 0) is 26.0 Å². The Morgan fingerprint density at radius 1 is 1.44 bits per heavy atom. The smallest absolute Gasteiger partial charge is 0.372 e. The van der Waals surface area contributed by atoms with Gasteiger partial charge in [0.15, 0.2) is 0 Å². The molecule has 16 heavy (non-hydrogen) atoms. The van der Waals surface area contributed by atoms with Gasteiger partial charge in [0.25, 0.3) is 6.54 Å². The standard InChI is InChI=1S/C12H12N2O2/c1-8-3-4-11-10(5-8)9(2)6-14(13-11)7-12(15)16/h3-6H,7H2,1-2H3/p+1. The summed E-state index contributed by atoms with van der Waals surface area (Å²) in [5.41, 5.74) is 3.04.